The van der Waals surface area contributed by atoms with Gasteiger partial charge < -0.3 is 14.2 Å². The lowest BCUT2D eigenvalue weighted by Gasteiger charge is -2.18. The van der Waals surface area contributed by atoms with E-state index in [1.807, 2.05) is 0 Å². The maximum Gasteiger partial charge on any atom is 0.306 e. The standard InChI is InChI=1S/C48H92O6/c1-4-7-10-13-16-19-20-21-22-23-24-25-26-27-30-32-35-38-41-47(50)53-44-45(54-48(51)42-39-36-33-29-18-15-12-9-6-3)43-52-46(49)40-37-34-31-28-17-14-11-8-5-2/h45H,4-44H2,1-3H3/t45-/m0/s1. The molecule has 0 aromatic carbocycles. The van der Waals surface area contributed by atoms with Crippen molar-refractivity contribution in [3.8, 4) is 0 Å². The Hall–Kier alpha value is -1.59. The molecule has 6 nitrogen and oxygen atoms in total. The Morgan fingerprint density at radius 2 is 0.500 bits per heavy atom. The lowest BCUT2D eigenvalue weighted by molar-refractivity contribution is -0.167. The van der Waals surface area contributed by atoms with Crippen LogP contribution in [0.3, 0.4) is 0 Å². The molecule has 0 radical (unpaired) electrons. The Balaban J connectivity index is 4.18. The third-order valence-corrected chi connectivity index (χ3v) is 10.9. The number of carbonyl (C=O) groups is 3. The molecule has 0 N–H and O–H groups in total. The van der Waals surface area contributed by atoms with Gasteiger partial charge in [-0.25, -0.2) is 0 Å². The Bertz CT molecular complexity index is 798. The zero-order valence-corrected chi connectivity index (χ0v) is 36.5. The minimum Gasteiger partial charge on any atom is -0.462 e. The van der Waals surface area contributed by atoms with E-state index in [0.29, 0.717) is 19.3 Å². The van der Waals surface area contributed by atoms with Crippen LogP contribution in [0.5, 0.6) is 0 Å². The smallest absolute Gasteiger partial charge is 0.306 e. The van der Waals surface area contributed by atoms with Crippen LogP contribution in [-0.2, 0) is 28.6 Å². The summed E-state index contributed by atoms with van der Waals surface area (Å²) in [6, 6.07) is 0. The Morgan fingerprint density at radius 1 is 0.296 bits per heavy atom. The molecule has 0 spiro atoms. The molecule has 0 saturated heterocycles. The number of hydrogen-bond donors (Lipinski definition) is 0. The van der Waals surface area contributed by atoms with E-state index < -0.39 is 6.10 Å². The van der Waals surface area contributed by atoms with Gasteiger partial charge in [-0.15, -0.1) is 0 Å². The summed E-state index contributed by atoms with van der Waals surface area (Å²) in [5, 5.41) is 0. The first-order valence-electron chi connectivity index (χ1n) is 24.0. The average Bonchev–Trinajstić information content (AvgIpc) is 3.17. The fourth-order valence-corrected chi connectivity index (χ4v) is 7.21. The van der Waals surface area contributed by atoms with Crippen LogP contribution in [-0.4, -0.2) is 37.2 Å². The van der Waals surface area contributed by atoms with Crippen molar-refractivity contribution in [3.63, 3.8) is 0 Å². The predicted molar refractivity (Wildman–Crippen MR) is 229 cm³/mol. The normalized spacial score (nSPS) is 11.8. The third kappa shape index (κ3) is 41.6. The Kier molecular flexibility index (Phi) is 42.8. The van der Waals surface area contributed by atoms with E-state index in [1.165, 1.54) is 173 Å². The summed E-state index contributed by atoms with van der Waals surface area (Å²) >= 11 is 0. The summed E-state index contributed by atoms with van der Waals surface area (Å²) in [5.74, 6) is -0.854. The lowest BCUT2D eigenvalue weighted by atomic mass is 10.0. The van der Waals surface area contributed by atoms with Crippen LogP contribution in [0.4, 0.5) is 0 Å². The highest BCUT2D eigenvalue weighted by molar-refractivity contribution is 5.71. The van der Waals surface area contributed by atoms with Crippen molar-refractivity contribution in [2.45, 2.75) is 277 Å². The maximum atomic E-state index is 12.7. The van der Waals surface area contributed by atoms with E-state index in [-0.39, 0.29) is 31.1 Å². The molecule has 0 bridgehead atoms. The SMILES string of the molecule is CCCCCCCCCCCCCCCCCCCCC(=O)OC[C@H](COC(=O)CCCCCCCCCCC)OC(=O)CCCCCCCCCCC. The van der Waals surface area contributed by atoms with Crippen molar-refractivity contribution < 1.29 is 28.6 Å². The molecule has 54 heavy (non-hydrogen) atoms. The van der Waals surface area contributed by atoms with Gasteiger partial charge in [-0.1, -0.05) is 233 Å². The lowest BCUT2D eigenvalue weighted by Crippen LogP contribution is -2.30. The van der Waals surface area contributed by atoms with Crippen molar-refractivity contribution in [2.24, 2.45) is 0 Å². The number of hydrogen-bond acceptors (Lipinski definition) is 6. The van der Waals surface area contributed by atoms with Crippen LogP contribution in [0, 0.1) is 0 Å². The molecule has 0 fully saturated rings. The van der Waals surface area contributed by atoms with Gasteiger partial charge in [0.2, 0.25) is 0 Å². The molecular formula is C48H92O6. The number of unbranched alkanes of at least 4 members (excludes halogenated alkanes) is 33. The van der Waals surface area contributed by atoms with E-state index in [2.05, 4.69) is 20.8 Å². The average molecular weight is 765 g/mol. The van der Waals surface area contributed by atoms with Gasteiger partial charge >= 0.3 is 17.9 Å². The molecule has 0 rings (SSSR count). The van der Waals surface area contributed by atoms with Crippen molar-refractivity contribution in [1.29, 1.82) is 0 Å². The van der Waals surface area contributed by atoms with Crippen molar-refractivity contribution >= 4 is 17.9 Å². The van der Waals surface area contributed by atoms with Crippen molar-refractivity contribution in [3.05, 3.63) is 0 Å². The van der Waals surface area contributed by atoms with Gasteiger partial charge in [0.1, 0.15) is 13.2 Å². The number of carbonyl (C=O) groups excluding carboxylic acids is 3. The Labute approximate surface area is 336 Å². The van der Waals surface area contributed by atoms with E-state index in [0.717, 1.165) is 57.8 Å². The molecule has 1 atom stereocenters. The van der Waals surface area contributed by atoms with E-state index in [1.54, 1.807) is 0 Å². The van der Waals surface area contributed by atoms with Crippen molar-refractivity contribution in [2.75, 3.05) is 13.2 Å². The van der Waals surface area contributed by atoms with Crippen LogP contribution < -0.4 is 0 Å². The second-order valence-electron chi connectivity index (χ2n) is 16.4. The first kappa shape index (κ1) is 52.4. The first-order chi connectivity index (χ1) is 26.5. The highest BCUT2D eigenvalue weighted by Crippen LogP contribution is 2.16. The summed E-state index contributed by atoms with van der Waals surface area (Å²) in [5.41, 5.74) is 0. The predicted octanol–water partition coefficient (Wildman–Crippen LogP) is 15.3. The van der Waals surface area contributed by atoms with Crippen LogP contribution in [0.1, 0.15) is 271 Å². The second kappa shape index (κ2) is 44.1. The van der Waals surface area contributed by atoms with Gasteiger partial charge in [0.25, 0.3) is 0 Å². The Morgan fingerprint density at radius 3 is 0.741 bits per heavy atom. The fourth-order valence-electron chi connectivity index (χ4n) is 7.21. The summed E-state index contributed by atoms with van der Waals surface area (Å²) in [7, 11) is 0. The molecule has 0 aliphatic heterocycles. The second-order valence-corrected chi connectivity index (χ2v) is 16.4. The van der Waals surface area contributed by atoms with Crippen LogP contribution in [0.15, 0.2) is 0 Å². The molecule has 6 heteroatoms. The van der Waals surface area contributed by atoms with E-state index in [9.17, 15) is 14.4 Å². The van der Waals surface area contributed by atoms with Gasteiger partial charge in [-0.05, 0) is 19.3 Å². The monoisotopic (exact) mass is 765 g/mol. The molecule has 0 unspecified atom stereocenters. The maximum absolute atomic E-state index is 12.7. The largest absolute Gasteiger partial charge is 0.462 e. The number of ether oxygens (including phenoxy) is 3. The molecule has 0 saturated carbocycles. The minimum atomic E-state index is -0.757. The highest BCUT2D eigenvalue weighted by Gasteiger charge is 2.19. The van der Waals surface area contributed by atoms with E-state index in [4.69, 9.17) is 14.2 Å². The summed E-state index contributed by atoms with van der Waals surface area (Å²) in [6.07, 6.45) is 45.2. The highest BCUT2D eigenvalue weighted by atomic mass is 16.6. The van der Waals surface area contributed by atoms with Crippen LogP contribution >= 0.6 is 0 Å². The van der Waals surface area contributed by atoms with Crippen LogP contribution in [0.2, 0.25) is 0 Å². The summed E-state index contributed by atoms with van der Waals surface area (Å²) in [4.78, 5) is 37.6. The molecule has 0 heterocycles. The van der Waals surface area contributed by atoms with Crippen molar-refractivity contribution in [1.82, 2.24) is 0 Å². The molecule has 320 valence electrons. The molecule has 0 aliphatic rings. The summed E-state index contributed by atoms with van der Waals surface area (Å²) < 4.78 is 16.7. The van der Waals surface area contributed by atoms with Crippen LogP contribution in [0.25, 0.3) is 0 Å². The quantitative estimate of drug-likeness (QED) is 0.0349. The third-order valence-electron chi connectivity index (χ3n) is 10.9. The fraction of sp³-hybridized carbons (Fsp3) is 0.938. The van der Waals surface area contributed by atoms with Gasteiger partial charge in [-0.3, -0.25) is 14.4 Å². The number of esters is 3. The molecule has 0 aromatic rings. The minimum absolute atomic E-state index is 0.0628. The van der Waals surface area contributed by atoms with E-state index >= 15 is 0 Å². The molecule has 0 aliphatic carbocycles. The summed E-state index contributed by atoms with van der Waals surface area (Å²) in [6.45, 7) is 6.63. The topological polar surface area (TPSA) is 78.9 Å². The zero-order valence-electron chi connectivity index (χ0n) is 36.5. The van der Waals surface area contributed by atoms with Gasteiger partial charge in [0.15, 0.2) is 6.10 Å². The molecule has 0 amide bonds. The van der Waals surface area contributed by atoms with Gasteiger partial charge in [0, 0.05) is 19.3 Å². The van der Waals surface area contributed by atoms with Gasteiger partial charge in [-0.2, -0.15) is 0 Å². The molecule has 0 aromatic heterocycles. The van der Waals surface area contributed by atoms with Gasteiger partial charge in [0.05, 0.1) is 0 Å². The molecular weight excluding hydrogens is 673 g/mol. The first-order valence-corrected chi connectivity index (χ1v) is 24.0. The zero-order chi connectivity index (χ0) is 39.4. The number of rotatable bonds is 44.